The molecule has 218 valence electrons. The quantitative estimate of drug-likeness (QED) is 0.216. The van der Waals surface area contributed by atoms with Crippen LogP contribution in [0.4, 0.5) is 0 Å². The summed E-state index contributed by atoms with van der Waals surface area (Å²) < 4.78 is 66.6. The number of ether oxygens (including phenoxy) is 1. The van der Waals surface area contributed by atoms with Crippen molar-refractivity contribution in [3.8, 4) is 16.9 Å². The minimum absolute atomic E-state index is 0.100. The van der Waals surface area contributed by atoms with Crippen molar-refractivity contribution < 1.29 is 29.9 Å². The van der Waals surface area contributed by atoms with Gasteiger partial charge in [0.2, 0.25) is 0 Å². The highest BCUT2D eigenvalue weighted by atomic mass is 32.2. The van der Waals surface area contributed by atoms with E-state index in [0.717, 1.165) is 16.7 Å². The molecule has 0 aliphatic carbocycles. The van der Waals surface area contributed by atoms with E-state index < -0.39 is 20.2 Å². The van der Waals surface area contributed by atoms with Gasteiger partial charge in [0.05, 0.1) is 23.0 Å². The predicted octanol–water partition coefficient (Wildman–Crippen LogP) is 7.39. The Morgan fingerprint density at radius 3 is 1.35 bits per heavy atom. The van der Waals surface area contributed by atoms with Gasteiger partial charge in [-0.3, -0.25) is 8.37 Å². The fourth-order valence-corrected chi connectivity index (χ4v) is 5.81. The van der Waals surface area contributed by atoms with Crippen LogP contribution < -0.4 is 4.74 Å². The fraction of sp³-hybridized carbons (Fsp3) is 0.419. The third-order valence-corrected chi connectivity index (χ3v) is 8.37. The van der Waals surface area contributed by atoms with E-state index in [1.807, 2.05) is 72.7 Å². The van der Waals surface area contributed by atoms with E-state index >= 15 is 0 Å². The zero-order chi connectivity index (χ0) is 29.8. The van der Waals surface area contributed by atoms with Gasteiger partial charge in [-0.1, -0.05) is 84.9 Å². The van der Waals surface area contributed by atoms with Crippen LogP contribution >= 0.6 is 0 Å². The Kier molecular flexibility index (Phi) is 9.88. The minimum atomic E-state index is -3.83. The second-order valence-electron chi connectivity index (χ2n) is 12.2. The van der Waals surface area contributed by atoms with Gasteiger partial charge in [0.1, 0.15) is 11.9 Å². The summed E-state index contributed by atoms with van der Waals surface area (Å²) in [4.78, 5) is 0.227. The lowest BCUT2D eigenvalue weighted by Gasteiger charge is -2.19. The van der Waals surface area contributed by atoms with Crippen molar-refractivity contribution in [2.24, 2.45) is 10.8 Å². The van der Waals surface area contributed by atoms with Gasteiger partial charge in [0, 0.05) is 0 Å². The first-order chi connectivity index (χ1) is 18.5. The smallest absolute Gasteiger partial charge is 0.296 e. The first kappa shape index (κ1) is 31.8. The SMILES string of the molecule is CCC(Oc1ccc(-c2ccc(S(=O)(=O)OCC(C)(C)C)cc2)cc1)c1ccc(S(=O)(=O)OCC(C)(C)C)cc1. The van der Waals surface area contributed by atoms with Crippen molar-refractivity contribution in [2.75, 3.05) is 13.2 Å². The summed E-state index contributed by atoms with van der Waals surface area (Å²) in [6.07, 6.45) is 0.414. The summed E-state index contributed by atoms with van der Waals surface area (Å²) in [5.41, 5.74) is 2.09. The van der Waals surface area contributed by atoms with Crippen molar-refractivity contribution in [1.82, 2.24) is 0 Å². The van der Waals surface area contributed by atoms with E-state index in [1.54, 1.807) is 48.5 Å². The van der Waals surface area contributed by atoms with Crippen LogP contribution in [0.25, 0.3) is 11.1 Å². The Morgan fingerprint density at radius 2 is 0.975 bits per heavy atom. The molecule has 3 aromatic rings. The summed E-state index contributed by atoms with van der Waals surface area (Å²) >= 11 is 0. The van der Waals surface area contributed by atoms with E-state index in [4.69, 9.17) is 13.1 Å². The summed E-state index contributed by atoms with van der Waals surface area (Å²) in [5, 5.41) is 0. The molecule has 0 fully saturated rings. The maximum absolute atomic E-state index is 12.5. The molecule has 0 N–H and O–H groups in total. The van der Waals surface area contributed by atoms with Gasteiger partial charge < -0.3 is 4.74 Å². The molecule has 0 saturated carbocycles. The van der Waals surface area contributed by atoms with Gasteiger partial charge in [-0.15, -0.1) is 0 Å². The lowest BCUT2D eigenvalue weighted by atomic mass is 9.99. The molecule has 0 saturated heterocycles. The molecule has 0 aliphatic heterocycles. The highest BCUT2D eigenvalue weighted by molar-refractivity contribution is 7.87. The number of hydrogen-bond donors (Lipinski definition) is 0. The Bertz CT molecular complexity index is 1460. The molecule has 3 aromatic carbocycles. The van der Waals surface area contributed by atoms with Gasteiger partial charge in [-0.25, -0.2) is 0 Å². The maximum Gasteiger partial charge on any atom is 0.296 e. The fourth-order valence-electron chi connectivity index (χ4n) is 3.59. The molecule has 1 unspecified atom stereocenters. The lowest BCUT2D eigenvalue weighted by molar-refractivity contribution is 0.200. The van der Waals surface area contributed by atoms with E-state index in [9.17, 15) is 16.8 Å². The molecule has 3 rings (SSSR count). The highest BCUT2D eigenvalue weighted by Crippen LogP contribution is 2.29. The summed E-state index contributed by atoms with van der Waals surface area (Å²) in [5.74, 6) is 0.663. The molecule has 0 aliphatic rings. The molecule has 0 aromatic heterocycles. The molecule has 9 heteroatoms. The van der Waals surface area contributed by atoms with Crippen LogP contribution in [0.2, 0.25) is 0 Å². The first-order valence-corrected chi connectivity index (χ1v) is 16.1. The van der Waals surface area contributed by atoms with Crippen LogP contribution in [0, 0.1) is 10.8 Å². The van der Waals surface area contributed by atoms with Crippen molar-refractivity contribution >= 4 is 20.2 Å². The number of benzene rings is 3. The topological polar surface area (TPSA) is 96.0 Å². The summed E-state index contributed by atoms with van der Waals surface area (Å²) in [6.45, 7) is 13.7. The molecule has 0 spiro atoms. The van der Waals surface area contributed by atoms with Crippen molar-refractivity contribution in [1.29, 1.82) is 0 Å². The van der Waals surface area contributed by atoms with Crippen LogP contribution in [-0.4, -0.2) is 30.0 Å². The Morgan fingerprint density at radius 1 is 0.600 bits per heavy atom. The standard InChI is InChI=1S/C31H40O7S2/c1-8-29(25-13-19-28(20-14-25)40(34,35)37-22-31(5,6)7)38-26-15-9-23(10-16-26)24-11-17-27(18-12-24)39(32,33)36-21-30(2,3)4/h9-20,29H,8,21-22H2,1-7H3. The third kappa shape index (κ3) is 9.16. The molecule has 0 bridgehead atoms. The van der Waals surface area contributed by atoms with Gasteiger partial charge in [0.15, 0.2) is 0 Å². The second kappa shape index (κ2) is 12.4. The maximum atomic E-state index is 12.5. The van der Waals surface area contributed by atoms with E-state index in [0.29, 0.717) is 12.2 Å². The average Bonchev–Trinajstić information content (AvgIpc) is 2.89. The van der Waals surface area contributed by atoms with Crippen LogP contribution in [0.1, 0.15) is 66.6 Å². The van der Waals surface area contributed by atoms with Crippen LogP contribution in [0.3, 0.4) is 0 Å². The van der Waals surface area contributed by atoms with Crippen molar-refractivity contribution in [3.05, 3.63) is 78.4 Å². The van der Waals surface area contributed by atoms with Crippen molar-refractivity contribution in [3.63, 3.8) is 0 Å². The highest BCUT2D eigenvalue weighted by Gasteiger charge is 2.22. The first-order valence-electron chi connectivity index (χ1n) is 13.3. The zero-order valence-electron chi connectivity index (χ0n) is 24.3. The molecule has 0 amide bonds. The van der Waals surface area contributed by atoms with E-state index in [2.05, 4.69) is 0 Å². The van der Waals surface area contributed by atoms with E-state index in [1.165, 1.54) is 0 Å². The normalized spacial score (nSPS) is 13.7. The number of hydrogen-bond acceptors (Lipinski definition) is 7. The molecule has 7 nitrogen and oxygen atoms in total. The second-order valence-corrected chi connectivity index (χ2v) is 15.4. The molecule has 1 atom stereocenters. The monoisotopic (exact) mass is 588 g/mol. The van der Waals surface area contributed by atoms with Crippen molar-refractivity contribution in [2.45, 2.75) is 70.8 Å². The Balaban J connectivity index is 1.67. The van der Waals surface area contributed by atoms with Gasteiger partial charge in [0.25, 0.3) is 20.2 Å². The minimum Gasteiger partial charge on any atom is -0.486 e. The predicted molar refractivity (Wildman–Crippen MR) is 157 cm³/mol. The van der Waals surface area contributed by atoms with Crippen LogP contribution in [-0.2, 0) is 28.6 Å². The van der Waals surface area contributed by atoms with Gasteiger partial charge >= 0.3 is 0 Å². The average molecular weight is 589 g/mol. The van der Waals surface area contributed by atoms with Crippen LogP contribution in [0.15, 0.2) is 82.6 Å². The van der Waals surface area contributed by atoms with Gasteiger partial charge in [-0.2, -0.15) is 16.8 Å². The van der Waals surface area contributed by atoms with Crippen LogP contribution in [0.5, 0.6) is 5.75 Å². The molecular formula is C31H40O7S2. The zero-order valence-corrected chi connectivity index (χ0v) is 25.9. The Hall–Kier alpha value is -2.72. The Labute approximate surface area is 239 Å². The summed E-state index contributed by atoms with van der Waals surface area (Å²) in [7, 11) is -7.66. The summed E-state index contributed by atoms with van der Waals surface area (Å²) in [6, 6.07) is 20.7. The van der Waals surface area contributed by atoms with Gasteiger partial charge in [-0.05, 0) is 70.3 Å². The number of rotatable bonds is 11. The van der Waals surface area contributed by atoms with E-state index in [-0.39, 0.29) is 39.9 Å². The molecule has 0 heterocycles. The third-order valence-electron chi connectivity index (χ3n) is 5.81. The lowest BCUT2D eigenvalue weighted by Crippen LogP contribution is -2.18. The molecule has 0 radical (unpaired) electrons. The molecular weight excluding hydrogens is 548 g/mol. The largest absolute Gasteiger partial charge is 0.486 e. The molecule has 40 heavy (non-hydrogen) atoms.